The second-order valence-corrected chi connectivity index (χ2v) is 5.35. The highest BCUT2D eigenvalue weighted by Gasteiger charge is 2.12. The van der Waals surface area contributed by atoms with E-state index in [2.05, 4.69) is 0 Å². The molecule has 0 heterocycles. The highest BCUT2D eigenvalue weighted by atomic mass is 19.1. The summed E-state index contributed by atoms with van der Waals surface area (Å²) in [6.45, 7) is 0.636. The van der Waals surface area contributed by atoms with Gasteiger partial charge in [-0.1, -0.05) is 42.5 Å². The molecule has 0 spiro atoms. The minimum Gasteiger partial charge on any atom is -0.370 e. The first-order valence-electron chi connectivity index (χ1n) is 7.59. The van der Waals surface area contributed by atoms with Crippen molar-refractivity contribution in [3.63, 3.8) is 0 Å². The van der Waals surface area contributed by atoms with E-state index in [0.717, 1.165) is 11.1 Å². The lowest BCUT2D eigenvalue weighted by Gasteiger charge is -2.20. The van der Waals surface area contributed by atoms with Gasteiger partial charge in [0, 0.05) is 25.6 Å². The summed E-state index contributed by atoms with van der Waals surface area (Å²) in [6.07, 6.45) is 3.13. The Morgan fingerprint density at radius 1 is 1.04 bits per heavy atom. The van der Waals surface area contributed by atoms with E-state index in [1.165, 1.54) is 18.2 Å². The zero-order valence-corrected chi connectivity index (χ0v) is 13.2. The van der Waals surface area contributed by atoms with Crippen LogP contribution in [0.4, 0.5) is 4.39 Å². The van der Waals surface area contributed by atoms with Crippen molar-refractivity contribution in [2.24, 2.45) is 5.73 Å². The summed E-state index contributed by atoms with van der Waals surface area (Å²) in [5, 5.41) is 0. The molecule has 0 aliphatic heterocycles. The Labute approximate surface area is 140 Å². The Morgan fingerprint density at radius 2 is 1.71 bits per heavy atom. The van der Waals surface area contributed by atoms with Crippen LogP contribution in [0.3, 0.4) is 0 Å². The molecule has 5 heteroatoms. The number of amides is 2. The maximum Gasteiger partial charge on any atom is 0.246 e. The van der Waals surface area contributed by atoms with Crippen molar-refractivity contribution >= 4 is 17.9 Å². The van der Waals surface area contributed by atoms with Crippen LogP contribution < -0.4 is 5.73 Å². The van der Waals surface area contributed by atoms with Gasteiger partial charge in [0.05, 0.1) is 0 Å². The molecule has 0 atom stereocenters. The number of rotatable bonds is 7. The molecule has 2 aromatic rings. The number of halogens is 1. The molecule has 124 valence electrons. The standard InChI is InChI=1S/C19H19FN2O2/c20-17-9-6-15(7-10-17)8-11-19(24)22(13-12-18(21)23)14-16-4-2-1-3-5-16/h1-11H,12-14H2,(H2,21,23). The van der Waals surface area contributed by atoms with E-state index in [4.69, 9.17) is 5.73 Å². The molecule has 2 amide bonds. The molecule has 2 N–H and O–H groups in total. The highest BCUT2D eigenvalue weighted by Crippen LogP contribution is 2.09. The lowest BCUT2D eigenvalue weighted by molar-refractivity contribution is -0.127. The highest BCUT2D eigenvalue weighted by molar-refractivity contribution is 5.92. The predicted molar refractivity (Wildman–Crippen MR) is 91.1 cm³/mol. The van der Waals surface area contributed by atoms with Crippen LogP contribution in [0, 0.1) is 5.82 Å². The van der Waals surface area contributed by atoms with Crippen molar-refractivity contribution in [3.05, 3.63) is 77.6 Å². The summed E-state index contributed by atoms with van der Waals surface area (Å²) >= 11 is 0. The van der Waals surface area contributed by atoms with Crippen molar-refractivity contribution in [3.8, 4) is 0 Å². The Morgan fingerprint density at radius 3 is 2.33 bits per heavy atom. The molecule has 0 radical (unpaired) electrons. The summed E-state index contributed by atoms with van der Waals surface area (Å²) in [6, 6.07) is 15.3. The van der Waals surface area contributed by atoms with Gasteiger partial charge in [-0.3, -0.25) is 9.59 Å². The van der Waals surface area contributed by atoms with Crippen molar-refractivity contribution < 1.29 is 14.0 Å². The third kappa shape index (κ3) is 5.68. The average Bonchev–Trinajstić information content (AvgIpc) is 2.58. The van der Waals surface area contributed by atoms with Gasteiger partial charge < -0.3 is 10.6 Å². The third-order valence-corrected chi connectivity index (χ3v) is 3.44. The van der Waals surface area contributed by atoms with Gasteiger partial charge in [-0.25, -0.2) is 4.39 Å². The third-order valence-electron chi connectivity index (χ3n) is 3.44. The number of carbonyl (C=O) groups excluding carboxylic acids is 2. The first-order valence-corrected chi connectivity index (χ1v) is 7.59. The van der Waals surface area contributed by atoms with Crippen LogP contribution in [0.25, 0.3) is 6.08 Å². The van der Waals surface area contributed by atoms with Crippen LogP contribution in [-0.2, 0) is 16.1 Å². The molecular formula is C19H19FN2O2. The van der Waals surface area contributed by atoms with Gasteiger partial charge in [0.25, 0.3) is 0 Å². The molecule has 24 heavy (non-hydrogen) atoms. The lowest BCUT2D eigenvalue weighted by Crippen LogP contribution is -2.32. The molecule has 0 fully saturated rings. The Balaban J connectivity index is 2.07. The van der Waals surface area contributed by atoms with Crippen LogP contribution in [0.5, 0.6) is 0 Å². The molecule has 2 aromatic carbocycles. The van der Waals surface area contributed by atoms with Crippen molar-refractivity contribution in [1.82, 2.24) is 4.90 Å². The molecule has 0 aliphatic carbocycles. The fourth-order valence-electron chi connectivity index (χ4n) is 2.16. The SMILES string of the molecule is NC(=O)CCN(Cc1ccccc1)C(=O)C=Cc1ccc(F)cc1. The fraction of sp³-hybridized carbons (Fsp3) is 0.158. The summed E-state index contributed by atoms with van der Waals surface area (Å²) in [5.74, 6) is -1.02. The van der Waals surface area contributed by atoms with Crippen molar-refractivity contribution in [2.45, 2.75) is 13.0 Å². The lowest BCUT2D eigenvalue weighted by atomic mass is 10.2. The van der Waals surface area contributed by atoms with Gasteiger partial charge in [-0.05, 0) is 29.3 Å². The quantitative estimate of drug-likeness (QED) is 0.795. The van der Waals surface area contributed by atoms with Crippen molar-refractivity contribution in [2.75, 3.05) is 6.54 Å². The zero-order chi connectivity index (χ0) is 17.4. The Bertz CT molecular complexity index is 712. The Hall–Kier alpha value is -2.95. The van der Waals surface area contributed by atoms with Gasteiger partial charge in [0.2, 0.25) is 11.8 Å². The summed E-state index contributed by atoms with van der Waals surface area (Å²) in [7, 11) is 0. The number of primary amides is 1. The fourth-order valence-corrected chi connectivity index (χ4v) is 2.16. The molecule has 0 aliphatic rings. The number of benzene rings is 2. The Kier molecular flexibility index (Phi) is 6.25. The van der Waals surface area contributed by atoms with E-state index in [1.807, 2.05) is 30.3 Å². The number of nitrogens with zero attached hydrogens (tertiary/aromatic N) is 1. The van der Waals surface area contributed by atoms with Gasteiger partial charge >= 0.3 is 0 Å². The second-order valence-electron chi connectivity index (χ2n) is 5.35. The van der Waals surface area contributed by atoms with E-state index < -0.39 is 5.91 Å². The molecule has 0 aromatic heterocycles. The normalized spacial score (nSPS) is 10.7. The van der Waals surface area contributed by atoms with Crippen LogP contribution in [0.2, 0.25) is 0 Å². The molecule has 4 nitrogen and oxygen atoms in total. The van der Waals surface area contributed by atoms with Crippen molar-refractivity contribution in [1.29, 1.82) is 0 Å². The second kappa shape index (κ2) is 8.62. The van der Waals surface area contributed by atoms with E-state index in [0.29, 0.717) is 6.54 Å². The summed E-state index contributed by atoms with van der Waals surface area (Å²) in [4.78, 5) is 25.0. The molecular weight excluding hydrogens is 307 g/mol. The van der Waals surface area contributed by atoms with Crippen LogP contribution >= 0.6 is 0 Å². The summed E-state index contributed by atoms with van der Waals surface area (Å²) in [5.41, 5.74) is 6.87. The van der Waals surface area contributed by atoms with E-state index in [9.17, 15) is 14.0 Å². The molecule has 0 saturated heterocycles. The van der Waals surface area contributed by atoms with Gasteiger partial charge in [0.1, 0.15) is 5.82 Å². The van der Waals surface area contributed by atoms with Crippen LogP contribution in [0.1, 0.15) is 17.5 Å². The largest absolute Gasteiger partial charge is 0.370 e. The van der Waals surface area contributed by atoms with Crippen LogP contribution in [-0.4, -0.2) is 23.3 Å². The van der Waals surface area contributed by atoms with E-state index >= 15 is 0 Å². The minimum absolute atomic E-state index is 0.100. The number of hydrogen-bond donors (Lipinski definition) is 1. The zero-order valence-electron chi connectivity index (χ0n) is 13.2. The van der Waals surface area contributed by atoms with E-state index in [-0.39, 0.29) is 24.7 Å². The maximum absolute atomic E-state index is 12.9. The van der Waals surface area contributed by atoms with Gasteiger partial charge in [-0.2, -0.15) is 0 Å². The molecule has 0 unspecified atom stereocenters. The van der Waals surface area contributed by atoms with Gasteiger partial charge in [-0.15, -0.1) is 0 Å². The number of nitrogens with two attached hydrogens (primary N) is 1. The minimum atomic E-state index is -0.455. The number of carbonyl (C=O) groups is 2. The first kappa shape index (κ1) is 17.4. The smallest absolute Gasteiger partial charge is 0.246 e. The van der Waals surface area contributed by atoms with Gasteiger partial charge in [0.15, 0.2) is 0 Å². The topological polar surface area (TPSA) is 63.4 Å². The maximum atomic E-state index is 12.9. The predicted octanol–water partition coefficient (Wildman–Crippen LogP) is 2.74. The monoisotopic (exact) mass is 326 g/mol. The van der Waals surface area contributed by atoms with Crippen LogP contribution in [0.15, 0.2) is 60.7 Å². The number of hydrogen-bond acceptors (Lipinski definition) is 2. The van der Waals surface area contributed by atoms with E-state index in [1.54, 1.807) is 23.1 Å². The molecule has 2 rings (SSSR count). The molecule has 0 saturated carbocycles. The molecule has 0 bridgehead atoms. The summed E-state index contributed by atoms with van der Waals surface area (Å²) < 4.78 is 12.9. The first-order chi connectivity index (χ1) is 11.5. The average molecular weight is 326 g/mol.